The van der Waals surface area contributed by atoms with Gasteiger partial charge < -0.3 is 15.4 Å². The number of rotatable bonds is 4. The maximum atomic E-state index is 12.8. The molecule has 9 heteroatoms. The molecule has 8 nitrogen and oxygen atoms in total. The van der Waals surface area contributed by atoms with Crippen molar-refractivity contribution < 1.29 is 9.53 Å². The maximum Gasteiger partial charge on any atom is 0.265 e. The molecule has 4 atom stereocenters. The number of anilines is 1. The van der Waals surface area contributed by atoms with Crippen molar-refractivity contribution in [3.05, 3.63) is 23.0 Å². The largest absolute Gasteiger partial charge is 0.379 e. The first-order valence-electron chi connectivity index (χ1n) is 9.57. The van der Waals surface area contributed by atoms with E-state index in [0.29, 0.717) is 27.8 Å². The second kappa shape index (κ2) is 6.56. The van der Waals surface area contributed by atoms with Crippen LogP contribution in [0.5, 0.6) is 0 Å². The molecule has 0 aromatic carbocycles. The highest BCUT2D eigenvalue weighted by Gasteiger charge is 2.45. The van der Waals surface area contributed by atoms with Gasteiger partial charge in [0, 0.05) is 32.3 Å². The summed E-state index contributed by atoms with van der Waals surface area (Å²) in [7, 11) is 1.77. The molecule has 1 aliphatic heterocycles. The molecular weight excluding hydrogens is 364 g/mol. The highest BCUT2D eigenvalue weighted by Crippen LogP contribution is 2.44. The molecule has 3 fully saturated rings. The molecule has 27 heavy (non-hydrogen) atoms. The van der Waals surface area contributed by atoms with E-state index in [1.54, 1.807) is 13.3 Å². The smallest absolute Gasteiger partial charge is 0.265 e. The van der Waals surface area contributed by atoms with Crippen LogP contribution < -0.4 is 5.73 Å². The zero-order valence-corrected chi connectivity index (χ0v) is 16.1. The van der Waals surface area contributed by atoms with Crippen molar-refractivity contribution in [3.63, 3.8) is 0 Å². The lowest BCUT2D eigenvalue weighted by Crippen LogP contribution is -2.37. The minimum Gasteiger partial charge on any atom is -0.379 e. The number of hydrogen-bond acceptors (Lipinski definition) is 7. The minimum absolute atomic E-state index is 0.0425. The average Bonchev–Trinajstić information content (AvgIpc) is 3.09. The molecule has 2 aliphatic carbocycles. The zero-order chi connectivity index (χ0) is 18.5. The van der Waals surface area contributed by atoms with Crippen molar-refractivity contribution in [3.8, 4) is 0 Å². The summed E-state index contributed by atoms with van der Waals surface area (Å²) >= 11 is 1.26. The van der Waals surface area contributed by atoms with Crippen molar-refractivity contribution in [2.24, 2.45) is 11.8 Å². The first-order valence-corrected chi connectivity index (χ1v) is 10.4. The van der Waals surface area contributed by atoms with Crippen molar-refractivity contribution in [2.75, 3.05) is 25.9 Å². The molecular formula is C18H24N6O2S. The number of carbonyl (C=O) groups excluding carboxylic acids is 1. The van der Waals surface area contributed by atoms with Crippen LogP contribution in [0.2, 0.25) is 0 Å². The number of amides is 1. The Morgan fingerprint density at radius 1 is 1.30 bits per heavy atom. The molecule has 1 saturated heterocycles. The van der Waals surface area contributed by atoms with Crippen LogP contribution >= 0.6 is 11.3 Å². The van der Waals surface area contributed by atoms with Gasteiger partial charge in [0.25, 0.3) is 5.91 Å². The van der Waals surface area contributed by atoms with Crippen molar-refractivity contribution in [1.29, 1.82) is 0 Å². The average molecular weight is 388 g/mol. The van der Waals surface area contributed by atoms with Crippen LogP contribution in [0.3, 0.4) is 0 Å². The van der Waals surface area contributed by atoms with Crippen LogP contribution in [0.1, 0.15) is 53.0 Å². The van der Waals surface area contributed by atoms with Crippen LogP contribution in [0.15, 0.2) is 12.4 Å². The monoisotopic (exact) mass is 388 g/mol. The predicted molar refractivity (Wildman–Crippen MR) is 100 cm³/mol. The fourth-order valence-electron chi connectivity index (χ4n) is 4.65. The van der Waals surface area contributed by atoms with Crippen LogP contribution in [0.4, 0.5) is 5.13 Å². The van der Waals surface area contributed by atoms with Crippen molar-refractivity contribution in [1.82, 2.24) is 24.9 Å². The Balaban J connectivity index is 1.31. The molecule has 0 unspecified atom stereocenters. The Morgan fingerprint density at radius 2 is 2.07 bits per heavy atom. The maximum absolute atomic E-state index is 12.8. The molecule has 0 radical (unpaired) electrons. The normalized spacial score (nSPS) is 30.5. The number of likely N-dealkylation sites (tertiary alicyclic amines) is 1. The van der Waals surface area contributed by atoms with E-state index in [1.807, 2.05) is 9.58 Å². The van der Waals surface area contributed by atoms with Gasteiger partial charge in [0.05, 0.1) is 24.0 Å². The predicted octanol–water partition coefficient (Wildman–Crippen LogP) is 1.93. The number of fused-ring (bicyclic) bond motifs is 1. The quantitative estimate of drug-likeness (QED) is 0.859. The van der Waals surface area contributed by atoms with E-state index in [0.717, 1.165) is 31.6 Å². The second-order valence-corrected chi connectivity index (χ2v) is 9.07. The number of thiazole rings is 1. The van der Waals surface area contributed by atoms with E-state index in [1.165, 1.54) is 24.2 Å². The van der Waals surface area contributed by atoms with Crippen LogP contribution in [-0.4, -0.2) is 57.1 Å². The summed E-state index contributed by atoms with van der Waals surface area (Å²) in [6.07, 6.45) is 8.15. The van der Waals surface area contributed by atoms with Crippen molar-refractivity contribution in [2.45, 2.75) is 43.7 Å². The zero-order valence-electron chi connectivity index (χ0n) is 15.3. The summed E-state index contributed by atoms with van der Waals surface area (Å²) in [6, 6.07) is 0.186. The van der Waals surface area contributed by atoms with Gasteiger partial charge in [0.1, 0.15) is 4.88 Å². The van der Waals surface area contributed by atoms with E-state index < -0.39 is 0 Å². The Labute approximate surface area is 161 Å². The fraction of sp³-hybridized carbons (Fsp3) is 0.667. The van der Waals surface area contributed by atoms with Gasteiger partial charge in [-0.2, -0.15) is 0 Å². The number of carbonyl (C=O) groups is 1. The summed E-state index contributed by atoms with van der Waals surface area (Å²) in [4.78, 5) is 19.4. The third kappa shape index (κ3) is 3.12. The van der Waals surface area contributed by atoms with E-state index in [-0.39, 0.29) is 18.1 Å². The summed E-state index contributed by atoms with van der Waals surface area (Å²) in [5.41, 5.74) is 6.79. The van der Waals surface area contributed by atoms with Gasteiger partial charge in [-0.1, -0.05) is 16.6 Å². The molecule has 2 aromatic heterocycles. The van der Waals surface area contributed by atoms with Crippen LogP contribution in [0.25, 0.3) is 0 Å². The highest BCUT2D eigenvalue weighted by molar-refractivity contribution is 7.17. The van der Waals surface area contributed by atoms with E-state index >= 15 is 0 Å². The number of methoxy groups -OCH3 is 1. The third-order valence-electron chi connectivity index (χ3n) is 6.27. The fourth-order valence-corrected chi connectivity index (χ4v) is 5.30. The van der Waals surface area contributed by atoms with E-state index in [9.17, 15) is 4.79 Å². The third-order valence-corrected chi connectivity index (χ3v) is 7.09. The van der Waals surface area contributed by atoms with Gasteiger partial charge in [-0.25, -0.2) is 9.67 Å². The number of ether oxygens (including phenoxy) is 1. The number of aromatic nitrogens is 4. The van der Waals surface area contributed by atoms with Crippen LogP contribution in [0, 0.1) is 11.8 Å². The minimum atomic E-state index is 0.0425. The molecule has 0 spiro atoms. The molecule has 144 valence electrons. The lowest BCUT2D eigenvalue weighted by atomic mass is 9.77. The lowest BCUT2D eigenvalue weighted by molar-refractivity contribution is -0.00546. The molecule has 2 N–H and O–H groups in total. The molecule has 2 aromatic rings. The second-order valence-electron chi connectivity index (χ2n) is 8.00. The topological polar surface area (TPSA) is 99.2 Å². The number of nitrogens with two attached hydrogens (primary N) is 1. The molecule has 2 saturated carbocycles. The van der Waals surface area contributed by atoms with Gasteiger partial charge in [-0.3, -0.25) is 4.79 Å². The Hall–Kier alpha value is -2.00. The molecule has 3 aliphatic rings. The number of nitrogen functional groups attached to an aromatic ring is 1. The van der Waals surface area contributed by atoms with Gasteiger partial charge in [-0.05, 0) is 37.5 Å². The SMILES string of the molecule is CO[C@@H]1C[C@H]2CN(C(=O)c3cnc(N)s3)C[C@H]2C[C@H]1n1cc(C2CC2)nn1. The molecule has 0 bridgehead atoms. The summed E-state index contributed by atoms with van der Waals surface area (Å²) < 4.78 is 7.83. The number of hydrogen-bond donors (Lipinski definition) is 1. The summed E-state index contributed by atoms with van der Waals surface area (Å²) in [6.45, 7) is 1.55. The Morgan fingerprint density at radius 3 is 2.74 bits per heavy atom. The highest BCUT2D eigenvalue weighted by atomic mass is 32.1. The van der Waals surface area contributed by atoms with Crippen molar-refractivity contribution >= 4 is 22.4 Å². The van der Waals surface area contributed by atoms with Gasteiger partial charge in [0.2, 0.25) is 0 Å². The van der Waals surface area contributed by atoms with Gasteiger partial charge in [0.15, 0.2) is 5.13 Å². The summed E-state index contributed by atoms with van der Waals surface area (Å²) in [5, 5.41) is 9.21. The Kier molecular flexibility index (Phi) is 4.16. The number of nitrogens with zero attached hydrogens (tertiary/aromatic N) is 5. The molecule has 5 rings (SSSR count). The lowest BCUT2D eigenvalue weighted by Gasteiger charge is -2.36. The summed E-state index contributed by atoms with van der Waals surface area (Å²) in [5.74, 6) is 1.57. The molecule has 1 amide bonds. The van der Waals surface area contributed by atoms with Gasteiger partial charge >= 0.3 is 0 Å². The van der Waals surface area contributed by atoms with Gasteiger partial charge in [-0.15, -0.1) is 5.10 Å². The standard InChI is InChI=1S/C18H24N6O2S/c1-26-15-5-12-8-23(17(25)16-6-20-18(19)27-16)7-11(12)4-14(15)24-9-13(21-22-24)10-2-3-10/h6,9-12,14-15H,2-5,7-8H2,1H3,(H2,19,20)/t11-,12+,14-,15-/m1/s1. The van der Waals surface area contributed by atoms with E-state index in [4.69, 9.17) is 10.5 Å². The first kappa shape index (κ1) is 17.1. The van der Waals surface area contributed by atoms with E-state index in [2.05, 4.69) is 21.5 Å². The molecule has 3 heterocycles. The first-order chi connectivity index (χ1) is 13.1. The Bertz CT molecular complexity index is 847. The van der Waals surface area contributed by atoms with Crippen LogP contribution in [-0.2, 0) is 4.74 Å².